The zero-order chi connectivity index (χ0) is 22.7. The number of carbonyl (C=O) groups is 6. The molecule has 4 atom stereocenters. The quantitative estimate of drug-likeness (QED) is 0.125. The molecule has 0 aliphatic heterocycles. The number of hydrogen-bond acceptors (Lipinski definition) is 9. The predicted octanol–water partition coefficient (Wildman–Crippen LogP) is -5.47. The number of hydrogen-bond donors (Lipinski definition) is 9. The van der Waals surface area contributed by atoms with Crippen molar-refractivity contribution in [2.45, 2.75) is 37.0 Å². The number of amides is 5. The first kappa shape index (κ1) is 26.1. The predicted molar refractivity (Wildman–Crippen MR) is 100.0 cm³/mol. The molecule has 29 heavy (non-hydrogen) atoms. The van der Waals surface area contributed by atoms with E-state index in [0.29, 0.717) is 0 Å². The van der Waals surface area contributed by atoms with E-state index in [2.05, 4.69) is 28.6 Å². The van der Waals surface area contributed by atoms with Gasteiger partial charge in [-0.25, -0.2) is 4.79 Å². The van der Waals surface area contributed by atoms with Gasteiger partial charge < -0.3 is 43.4 Å². The number of carboxylic acids is 1. The van der Waals surface area contributed by atoms with Gasteiger partial charge in [-0.2, -0.15) is 12.6 Å². The molecule has 0 radical (unpaired) electrons. The maximum absolute atomic E-state index is 12.4. The highest BCUT2D eigenvalue weighted by Crippen LogP contribution is 2.00. The van der Waals surface area contributed by atoms with Crippen LogP contribution in [0.3, 0.4) is 0 Å². The van der Waals surface area contributed by atoms with Crippen molar-refractivity contribution in [2.75, 3.05) is 12.4 Å². The standard InChI is InChI=1S/C14H24N6O8S/c15-5(3-21)11(24)18-6(1-9(16)22)12(25)19-7(2-10(17)23)13(26)20-8(4-29)14(27)28/h5-8,21,29H,1-4,15H2,(H2,16,22)(H2,17,23)(H,18,24)(H,19,25)(H,20,26)(H,27,28). The smallest absolute Gasteiger partial charge is 0.327 e. The van der Waals surface area contributed by atoms with Crippen LogP contribution in [0.4, 0.5) is 0 Å². The second-order valence-corrected chi connectivity index (χ2v) is 6.20. The van der Waals surface area contributed by atoms with E-state index in [-0.39, 0.29) is 5.75 Å². The molecule has 0 heterocycles. The Morgan fingerprint density at radius 2 is 1.17 bits per heavy atom. The van der Waals surface area contributed by atoms with Gasteiger partial charge in [-0.1, -0.05) is 0 Å². The van der Waals surface area contributed by atoms with Crippen molar-refractivity contribution >= 4 is 48.1 Å². The van der Waals surface area contributed by atoms with Crippen LogP contribution in [-0.2, 0) is 28.8 Å². The van der Waals surface area contributed by atoms with Gasteiger partial charge in [0, 0.05) is 5.75 Å². The molecule has 0 aromatic rings. The van der Waals surface area contributed by atoms with E-state index in [1.165, 1.54) is 0 Å². The topological polar surface area (TPSA) is 257 Å². The van der Waals surface area contributed by atoms with Crippen molar-refractivity contribution < 1.29 is 39.0 Å². The van der Waals surface area contributed by atoms with Gasteiger partial charge in [0.1, 0.15) is 24.2 Å². The summed E-state index contributed by atoms with van der Waals surface area (Å²) in [6.07, 6.45) is -1.39. The largest absolute Gasteiger partial charge is 0.480 e. The number of primary amides is 2. The molecule has 0 saturated heterocycles. The van der Waals surface area contributed by atoms with Crippen molar-refractivity contribution in [1.82, 2.24) is 16.0 Å². The van der Waals surface area contributed by atoms with Crippen LogP contribution in [0.15, 0.2) is 0 Å². The molecule has 0 bridgehead atoms. The lowest BCUT2D eigenvalue weighted by Crippen LogP contribution is -2.58. The maximum Gasteiger partial charge on any atom is 0.327 e. The Hall–Kier alpha value is -2.91. The Morgan fingerprint density at radius 1 is 0.793 bits per heavy atom. The SMILES string of the molecule is NC(=O)CC(NC(=O)C(N)CO)C(=O)NC(CC(N)=O)C(=O)NC(CS)C(=O)O. The fourth-order valence-electron chi connectivity index (χ4n) is 1.91. The summed E-state index contributed by atoms with van der Waals surface area (Å²) >= 11 is 3.77. The molecule has 14 nitrogen and oxygen atoms in total. The van der Waals surface area contributed by atoms with Gasteiger partial charge in [0.15, 0.2) is 0 Å². The van der Waals surface area contributed by atoms with Crippen LogP contribution in [0, 0.1) is 0 Å². The van der Waals surface area contributed by atoms with E-state index < -0.39 is 79.1 Å². The number of carbonyl (C=O) groups excluding carboxylic acids is 5. The number of aliphatic hydroxyl groups is 1. The summed E-state index contributed by atoms with van der Waals surface area (Å²) < 4.78 is 0. The average Bonchev–Trinajstić information content (AvgIpc) is 2.62. The van der Waals surface area contributed by atoms with Gasteiger partial charge in [-0.3, -0.25) is 24.0 Å². The molecule has 164 valence electrons. The van der Waals surface area contributed by atoms with E-state index in [1.54, 1.807) is 0 Å². The van der Waals surface area contributed by atoms with E-state index in [4.69, 9.17) is 27.4 Å². The molecule has 0 spiro atoms. The van der Waals surface area contributed by atoms with E-state index in [1.807, 2.05) is 0 Å². The summed E-state index contributed by atoms with van der Waals surface area (Å²) in [5.74, 6) is -6.81. The number of rotatable bonds is 13. The third-order valence-corrected chi connectivity index (χ3v) is 3.77. The maximum atomic E-state index is 12.4. The number of aliphatic hydroxyl groups excluding tert-OH is 1. The minimum absolute atomic E-state index is 0.280. The van der Waals surface area contributed by atoms with Crippen LogP contribution in [0.5, 0.6) is 0 Å². The van der Waals surface area contributed by atoms with Gasteiger partial charge in [-0.15, -0.1) is 0 Å². The molecule has 4 unspecified atom stereocenters. The monoisotopic (exact) mass is 436 g/mol. The van der Waals surface area contributed by atoms with Gasteiger partial charge >= 0.3 is 5.97 Å². The van der Waals surface area contributed by atoms with Crippen LogP contribution < -0.4 is 33.2 Å². The normalized spacial score (nSPS) is 14.6. The van der Waals surface area contributed by atoms with E-state index in [0.717, 1.165) is 0 Å². The highest BCUT2D eigenvalue weighted by molar-refractivity contribution is 7.80. The van der Waals surface area contributed by atoms with Gasteiger partial charge in [0.05, 0.1) is 19.4 Å². The summed E-state index contributed by atoms with van der Waals surface area (Å²) in [4.78, 5) is 69.8. The van der Waals surface area contributed by atoms with Crippen LogP contribution in [-0.4, -0.2) is 82.2 Å². The lowest BCUT2D eigenvalue weighted by molar-refractivity contribution is -0.142. The molecule has 0 fully saturated rings. The lowest BCUT2D eigenvalue weighted by Gasteiger charge is -2.23. The molecule has 0 aliphatic rings. The van der Waals surface area contributed by atoms with Crippen molar-refractivity contribution in [3.8, 4) is 0 Å². The number of carboxylic acid groups (broad SMARTS) is 1. The third kappa shape index (κ3) is 9.72. The van der Waals surface area contributed by atoms with E-state index >= 15 is 0 Å². The summed E-state index contributed by atoms with van der Waals surface area (Å²) in [7, 11) is 0. The first-order valence-electron chi connectivity index (χ1n) is 8.10. The average molecular weight is 436 g/mol. The van der Waals surface area contributed by atoms with Crippen LogP contribution in [0.2, 0.25) is 0 Å². The molecule has 0 aromatic carbocycles. The zero-order valence-corrected chi connectivity index (χ0v) is 16.1. The van der Waals surface area contributed by atoms with E-state index in [9.17, 15) is 28.8 Å². The second-order valence-electron chi connectivity index (χ2n) is 5.83. The van der Waals surface area contributed by atoms with Gasteiger partial charge in [0.2, 0.25) is 29.5 Å². The molecule has 0 aliphatic carbocycles. The molecular formula is C14H24N6O8S. The molecular weight excluding hydrogens is 412 g/mol. The minimum Gasteiger partial charge on any atom is -0.480 e. The molecule has 0 rings (SSSR count). The number of nitrogens with one attached hydrogen (secondary N) is 3. The summed E-state index contributed by atoms with van der Waals surface area (Å²) in [6.45, 7) is -0.746. The number of nitrogens with two attached hydrogens (primary N) is 3. The van der Waals surface area contributed by atoms with Gasteiger partial charge in [0.25, 0.3) is 0 Å². The summed E-state index contributed by atoms with van der Waals surface area (Å²) in [5, 5.41) is 24.0. The van der Waals surface area contributed by atoms with Crippen LogP contribution in [0.1, 0.15) is 12.8 Å². The minimum atomic E-state index is -1.61. The second kappa shape index (κ2) is 12.5. The van der Waals surface area contributed by atoms with Gasteiger partial charge in [-0.05, 0) is 0 Å². The first-order valence-corrected chi connectivity index (χ1v) is 8.73. The van der Waals surface area contributed by atoms with Crippen molar-refractivity contribution in [2.24, 2.45) is 17.2 Å². The van der Waals surface area contributed by atoms with Crippen molar-refractivity contribution in [1.29, 1.82) is 0 Å². The lowest BCUT2D eigenvalue weighted by atomic mass is 10.1. The molecule has 5 amide bonds. The highest BCUT2D eigenvalue weighted by Gasteiger charge is 2.31. The van der Waals surface area contributed by atoms with Crippen molar-refractivity contribution in [3.63, 3.8) is 0 Å². The Labute approximate surface area is 170 Å². The number of aliphatic carboxylic acids is 1. The number of thiol groups is 1. The van der Waals surface area contributed by atoms with Crippen LogP contribution >= 0.6 is 12.6 Å². The Bertz CT molecular complexity index is 660. The molecule has 11 N–H and O–H groups in total. The fraction of sp³-hybridized carbons (Fsp3) is 0.571. The Balaban J connectivity index is 5.42. The summed E-state index contributed by atoms with van der Waals surface area (Å²) in [6, 6.07) is -6.00. The zero-order valence-electron chi connectivity index (χ0n) is 15.2. The third-order valence-electron chi connectivity index (χ3n) is 3.41. The molecule has 0 saturated carbocycles. The first-order chi connectivity index (χ1) is 13.4. The van der Waals surface area contributed by atoms with Crippen molar-refractivity contribution in [3.05, 3.63) is 0 Å². The summed E-state index contributed by atoms with van der Waals surface area (Å²) in [5.41, 5.74) is 15.4. The molecule has 0 aromatic heterocycles. The molecule has 15 heteroatoms. The Kier molecular flexibility index (Phi) is 11.3. The Morgan fingerprint density at radius 3 is 1.48 bits per heavy atom. The van der Waals surface area contributed by atoms with Crippen LogP contribution in [0.25, 0.3) is 0 Å². The highest BCUT2D eigenvalue weighted by atomic mass is 32.1. The fourth-order valence-corrected chi connectivity index (χ4v) is 2.16.